The van der Waals surface area contributed by atoms with Crippen LogP contribution in [0.15, 0.2) is 47.3 Å². The molecular formula is C22H21ClN4O2. The third-order valence-electron chi connectivity index (χ3n) is 5.98. The predicted octanol–water partition coefficient (Wildman–Crippen LogP) is 4.25. The lowest BCUT2D eigenvalue weighted by molar-refractivity contribution is 0.0690. The van der Waals surface area contributed by atoms with Crippen LogP contribution in [0.5, 0.6) is 0 Å². The van der Waals surface area contributed by atoms with Crippen LogP contribution in [0.3, 0.4) is 0 Å². The molecule has 1 aliphatic heterocycles. The zero-order valence-electron chi connectivity index (χ0n) is 16.0. The molecule has 0 atom stereocenters. The molecule has 0 bridgehead atoms. The summed E-state index contributed by atoms with van der Waals surface area (Å²) in [7, 11) is 0. The van der Waals surface area contributed by atoms with Gasteiger partial charge in [0.2, 0.25) is 0 Å². The summed E-state index contributed by atoms with van der Waals surface area (Å²) in [6.07, 6.45) is 1.50. The van der Waals surface area contributed by atoms with Gasteiger partial charge in [0.1, 0.15) is 5.69 Å². The smallest absolute Gasteiger partial charge is 0.326 e. The molecular weight excluding hydrogens is 388 g/mol. The summed E-state index contributed by atoms with van der Waals surface area (Å²) in [5, 5.41) is 1.67. The van der Waals surface area contributed by atoms with Crippen molar-refractivity contribution in [2.24, 2.45) is 0 Å². The number of nitrogens with zero attached hydrogens (tertiary/aromatic N) is 2. The molecule has 0 saturated carbocycles. The fourth-order valence-electron chi connectivity index (χ4n) is 4.37. The average Bonchev–Trinajstić information content (AvgIpc) is 3.31. The van der Waals surface area contributed by atoms with E-state index in [1.165, 1.54) is 0 Å². The number of aryl methyl sites for hydroxylation is 1. The maximum absolute atomic E-state index is 13.0. The van der Waals surface area contributed by atoms with E-state index in [4.69, 9.17) is 11.6 Å². The molecule has 5 rings (SSSR count). The fourth-order valence-corrected chi connectivity index (χ4v) is 4.54. The standard InChI is InChI=1S/C22H21ClN4O2/c1-13-15-12-19(24-17(15)7-6-16(13)23)21(28)26-10-8-14(9-11-26)27-20-5-3-2-4-18(20)25-22(27)29/h2-7,12,14,24H,8-11H2,1H3,(H,25,29). The fraction of sp³-hybridized carbons (Fsp3) is 0.273. The molecule has 7 heteroatoms. The Morgan fingerprint density at radius 1 is 1.07 bits per heavy atom. The highest BCUT2D eigenvalue weighted by atomic mass is 35.5. The molecule has 1 aliphatic rings. The van der Waals surface area contributed by atoms with E-state index in [-0.39, 0.29) is 17.6 Å². The first-order valence-corrected chi connectivity index (χ1v) is 10.2. The van der Waals surface area contributed by atoms with E-state index in [0.29, 0.717) is 23.8 Å². The van der Waals surface area contributed by atoms with Crippen molar-refractivity contribution in [2.75, 3.05) is 13.1 Å². The van der Waals surface area contributed by atoms with E-state index in [1.54, 1.807) is 0 Å². The maximum atomic E-state index is 13.0. The Bertz CT molecular complexity index is 1290. The number of halogens is 1. The SMILES string of the molecule is Cc1c(Cl)ccc2[nH]c(C(=O)N3CCC(n4c(=O)[nH]c5ccccc54)CC3)cc12. The van der Waals surface area contributed by atoms with Crippen molar-refractivity contribution in [2.45, 2.75) is 25.8 Å². The highest BCUT2D eigenvalue weighted by Gasteiger charge is 2.27. The summed E-state index contributed by atoms with van der Waals surface area (Å²) in [6.45, 7) is 3.19. The van der Waals surface area contributed by atoms with Crippen molar-refractivity contribution >= 4 is 39.4 Å². The number of rotatable bonds is 2. The van der Waals surface area contributed by atoms with Gasteiger partial charge in [0.25, 0.3) is 5.91 Å². The highest BCUT2D eigenvalue weighted by molar-refractivity contribution is 6.32. The molecule has 3 heterocycles. The van der Waals surface area contributed by atoms with Crippen LogP contribution in [-0.4, -0.2) is 38.4 Å². The Morgan fingerprint density at radius 3 is 2.62 bits per heavy atom. The predicted molar refractivity (Wildman–Crippen MR) is 115 cm³/mol. The molecule has 0 spiro atoms. The van der Waals surface area contributed by atoms with Gasteiger partial charge in [-0.15, -0.1) is 0 Å². The van der Waals surface area contributed by atoms with Crippen LogP contribution < -0.4 is 5.69 Å². The second-order valence-electron chi connectivity index (χ2n) is 7.66. The number of hydrogen-bond donors (Lipinski definition) is 2. The topological polar surface area (TPSA) is 73.9 Å². The molecule has 4 aromatic rings. The first kappa shape index (κ1) is 18.1. The number of amides is 1. The van der Waals surface area contributed by atoms with Gasteiger partial charge in [-0.05, 0) is 55.7 Å². The number of likely N-dealkylation sites (tertiary alicyclic amines) is 1. The van der Waals surface area contributed by atoms with Crippen LogP contribution in [0.1, 0.15) is 34.9 Å². The maximum Gasteiger partial charge on any atom is 0.326 e. The van der Waals surface area contributed by atoms with Gasteiger partial charge >= 0.3 is 5.69 Å². The van der Waals surface area contributed by atoms with Crippen molar-refractivity contribution in [3.63, 3.8) is 0 Å². The molecule has 0 aliphatic carbocycles. The average molecular weight is 409 g/mol. The van der Waals surface area contributed by atoms with Crippen molar-refractivity contribution in [1.29, 1.82) is 0 Å². The number of imidazole rings is 1. The van der Waals surface area contributed by atoms with E-state index >= 15 is 0 Å². The zero-order valence-corrected chi connectivity index (χ0v) is 16.8. The van der Waals surface area contributed by atoms with Gasteiger partial charge < -0.3 is 14.9 Å². The lowest BCUT2D eigenvalue weighted by Crippen LogP contribution is -2.40. The number of fused-ring (bicyclic) bond motifs is 2. The summed E-state index contributed by atoms with van der Waals surface area (Å²) in [6, 6.07) is 13.4. The lowest BCUT2D eigenvalue weighted by Gasteiger charge is -2.32. The first-order chi connectivity index (χ1) is 14.0. The molecule has 1 fully saturated rings. The second-order valence-corrected chi connectivity index (χ2v) is 8.06. The lowest BCUT2D eigenvalue weighted by atomic mass is 10.0. The third kappa shape index (κ3) is 2.95. The number of benzene rings is 2. The molecule has 1 amide bonds. The van der Waals surface area contributed by atoms with Crippen LogP contribution >= 0.6 is 11.6 Å². The Kier molecular flexibility index (Phi) is 4.24. The number of nitrogens with one attached hydrogen (secondary N) is 2. The number of hydrogen-bond acceptors (Lipinski definition) is 2. The summed E-state index contributed by atoms with van der Waals surface area (Å²) < 4.78 is 1.84. The van der Waals surface area contributed by atoms with Crippen LogP contribution in [0.2, 0.25) is 5.02 Å². The summed E-state index contributed by atoms with van der Waals surface area (Å²) in [4.78, 5) is 33.5. The van der Waals surface area contributed by atoms with Crippen molar-refractivity contribution in [3.05, 3.63) is 69.2 Å². The van der Waals surface area contributed by atoms with Crippen LogP contribution in [0.4, 0.5) is 0 Å². The Balaban J connectivity index is 1.36. The van der Waals surface area contributed by atoms with Gasteiger partial charge in [0.15, 0.2) is 0 Å². The number of H-pyrrole nitrogens is 2. The molecule has 2 aromatic carbocycles. The Labute approximate surface area is 172 Å². The van der Waals surface area contributed by atoms with Crippen LogP contribution in [-0.2, 0) is 0 Å². The molecule has 6 nitrogen and oxygen atoms in total. The molecule has 2 N–H and O–H groups in total. The van der Waals surface area contributed by atoms with E-state index in [0.717, 1.165) is 40.3 Å². The number of aromatic amines is 2. The number of aromatic nitrogens is 3. The van der Waals surface area contributed by atoms with Crippen LogP contribution in [0, 0.1) is 6.92 Å². The molecule has 29 heavy (non-hydrogen) atoms. The number of para-hydroxylation sites is 2. The van der Waals surface area contributed by atoms with Gasteiger partial charge in [-0.2, -0.15) is 0 Å². The van der Waals surface area contributed by atoms with E-state index in [2.05, 4.69) is 9.97 Å². The quantitative estimate of drug-likeness (QED) is 0.520. The van der Waals surface area contributed by atoms with Crippen molar-refractivity contribution < 1.29 is 4.79 Å². The molecule has 2 aromatic heterocycles. The van der Waals surface area contributed by atoms with Crippen molar-refractivity contribution in [1.82, 2.24) is 19.4 Å². The molecule has 148 valence electrons. The normalized spacial score (nSPS) is 15.4. The summed E-state index contributed by atoms with van der Waals surface area (Å²) >= 11 is 6.20. The molecule has 0 unspecified atom stereocenters. The van der Waals surface area contributed by atoms with Gasteiger partial charge in [0.05, 0.1) is 11.0 Å². The van der Waals surface area contributed by atoms with E-state index < -0.39 is 0 Å². The largest absolute Gasteiger partial charge is 0.351 e. The van der Waals surface area contributed by atoms with Crippen molar-refractivity contribution in [3.8, 4) is 0 Å². The zero-order chi connectivity index (χ0) is 20.1. The molecule has 1 saturated heterocycles. The van der Waals surface area contributed by atoms with E-state index in [9.17, 15) is 9.59 Å². The first-order valence-electron chi connectivity index (χ1n) is 9.79. The van der Waals surface area contributed by atoms with E-state index in [1.807, 2.05) is 58.9 Å². The van der Waals surface area contributed by atoms with Gasteiger partial charge in [0, 0.05) is 35.1 Å². The number of carbonyl (C=O) groups excluding carboxylic acids is 1. The second kappa shape index (κ2) is 6.81. The number of carbonyl (C=O) groups is 1. The Morgan fingerprint density at radius 2 is 1.83 bits per heavy atom. The highest BCUT2D eigenvalue weighted by Crippen LogP contribution is 2.28. The van der Waals surface area contributed by atoms with Crippen LogP contribution in [0.25, 0.3) is 21.9 Å². The summed E-state index contributed by atoms with van der Waals surface area (Å²) in [5.41, 5.74) is 4.15. The minimum Gasteiger partial charge on any atom is -0.351 e. The van der Waals surface area contributed by atoms with Gasteiger partial charge in [-0.25, -0.2) is 4.79 Å². The monoisotopic (exact) mass is 408 g/mol. The minimum atomic E-state index is -0.0843. The van der Waals surface area contributed by atoms with Gasteiger partial charge in [-0.3, -0.25) is 9.36 Å². The third-order valence-corrected chi connectivity index (χ3v) is 6.39. The summed E-state index contributed by atoms with van der Waals surface area (Å²) in [5.74, 6) is -0.0125. The Hall–Kier alpha value is -2.99. The van der Waals surface area contributed by atoms with Gasteiger partial charge in [-0.1, -0.05) is 23.7 Å². The molecule has 0 radical (unpaired) electrons. The minimum absolute atomic E-state index is 0.0125. The number of piperidine rings is 1.